The van der Waals surface area contributed by atoms with Gasteiger partial charge in [-0.05, 0) is 6.26 Å². The van der Waals surface area contributed by atoms with Crippen LogP contribution in [0.5, 0.6) is 0 Å². The molecule has 5 nitrogen and oxygen atoms in total. The van der Waals surface area contributed by atoms with Gasteiger partial charge in [0.15, 0.2) is 0 Å². The van der Waals surface area contributed by atoms with Crippen LogP contribution in [0.15, 0.2) is 10.1 Å². The van der Waals surface area contributed by atoms with E-state index in [1.165, 1.54) is 18.2 Å². The molecule has 0 radical (unpaired) electrons. The van der Waals surface area contributed by atoms with Crippen molar-refractivity contribution in [2.45, 2.75) is 27.7 Å². The first kappa shape index (κ1) is 27.7. The first-order chi connectivity index (χ1) is 8.26. The Kier molecular flexibility index (Phi) is 39.3. The van der Waals surface area contributed by atoms with Crippen LogP contribution >= 0.6 is 23.5 Å². The van der Waals surface area contributed by atoms with Crippen LogP contribution in [-0.4, -0.2) is 29.3 Å². The maximum atomic E-state index is 6.39. The van der Waals surface area contributed by atoms with E-state index in [-0.39, 0.29) is 60.2 Å². The topological polar surface area (TPSA) is 45.5 Å². The number of nitrogens with one attached hydrogen (secondary N) is 1. The van der Waals surface area contributed by atoms with Crippen LogP contribution in [0, 0.1) is 13.1 Å². The van der Waals surface area contributed by atoms with Crippen molar-refractivity contribution in [3.8, 4) is 0 Å². The monoisotopic (exact) mass is 327 g/mol. The molecule has 0 atom stereocenters. The predicted octanol–water partition coefficient (Wildman–Crippen LogP) is 0.904. The van der Waals surface area contributed by atoms with Crippen LogP contribution in [0.3, 0.4) is 0 Å². The van der Waals surface area contributed by atoms with Gasteiger partial charge < -0.3 is 11.8 Å². The summed E-state index contributed by atoms with van der Waals surface area (Å²) in [6.45, 7) is 17.6. The van der Waals surface area contributed by atoms with E-state index >= 15 is 0 Å². The quantitative estimate of drug-likeness (QED) is 0.256. The van der Waals surface area contributed by atoms with E-state index in [4.69, 9.17) is 13.1 Å². The Morgan fingerprint density at radius 2 is 2.16 bits per heavy atom. The minimum atomic E-state index is 0. The number of nitrogens with zero attached hydrogens (tertiary/aromatic N) is 4. The smallest absolute Gasteiger partial charge is 0.333 e. The van der Waals surface area contributed by atoms with E-state index in [9.17, 15) is 0 Å². The van der Waals surface area contributed by atoms with Crippen molar-refractivity contribution >= 4 is 34.2 Å². The van der Waals surface area contributed by atoms with Gasteiger partial charge in [-0.1, -0.05) is 44.9 Å². The summed E-state index contributed by atoms with van der Waals surface area (Å²) in [6, 6.07) is 0. The molecule has 8 heteroatoms. The van der Waals surface area contributed by atoms with E-state index in [1.807, 2.05) is 0 Å². The Morgan fingerprint density at radius 1 is 1.58 bits per heavy atom. The Morgan fingerprint density at radius 3 is 2.42 bits per heavy atom. The minimum Gasteiger partial charge on any atom is -0.333 e. The van der Waals surface area contributed by atoms with Crippen LogP contribution in [0.1, 0.15) is 29.1 Å². The van der Waals surface area contributed by atoms with Crippen molar-refractivity contribution in [3.05, 3.63) is 23.1 Å². The number of hydrogen-bond acceptors (Lipinski definition) is 5. The molecular weight excluding hydrogens is 305 g/mol. The van der Waals surface area contributed by atoms with E-state index < -0.39 is 0 Å². The molecule has 0 aliphatic carbocycles. The first-order valence-electron chi connectivity index (χ1n) is 4.90. The molecule has 0 amide bonds. The number of aliphatic imine (C=N–C) groups is 1. The first-order valence-corrected chi connectivity index (χ1v) is 7.11. The molecule has 0 aromatic heterocycles. The Hall–Kier alpha value is 0.456. The van der Waals surface area contributed by atoms with Gasteiger partial charge in [-0.25, -0.2) is 5.55 Å². The van der Waals surface area contributed by atoms with Crippen LogP contribution in [0.4, 0.5) is 0 Å². The molecule has 1 heterocycles. The SMILES string of the molecule is C.CCC.[C-]#[N+]N=[C-]SC.[C-]#[N+]NC1=NCCS1.[HH].[K+]. The van der Waals surface area contributed by atoms with Gasteiger partial charge in [0.2, 0.25) is 5.17 Å². The Bertz CT molecular complexity index is 313. The molecule has 1 N–H and O–H groups in total. The number of thioether (sulfide) groups is 2. The van der Waals surface area contributed by atoms with Gasteiger partial charge in [0, 0.05) is 7.18 Å². The average Bonchev–Trinajstić information content (AvgIpc) is 2.82. The third-order valence-electron chi connectivity index (χ3n) is 0.919. The van der Waals surface area contributed by atoms with Gasteiger partial charge in [0.1, 0.15) is 0 Å². The van der Waals surface area contributed by atoms with Crippen LogP contribution in [0.2, 0.25) is 0 Å². The second-order valence-electron chi connectivity index (χ2n) is 2.46. The molecule has 0 saturated heterocycles. The molecule has 0 saturated carbocycles. The van der Waals surface area contributed by atoms with Crippen molar-refractivity contribution in [1.82, 2.24) is 5.43 Å². The van der Waals surface area contributed by atoms with Crippen molar-refractivity contribution in [3.63, 3.8) is 0 Å². The van der Waals surface area contributed by atoms with E-state index in [0.717, 1.165) is 17.5 Å². The molecule has 104 valence electrons. The van der Waals surface area contributed by atoms with Crippen LogP contribution < -0.4 is 56.8 Å². The van der Waals surface area contributed by atoms with Crippen LogP contribution in [-0.2, 0) is 0 Å². The zero-order valence-electron chi connectivity index (χ0n) is 11.2. The molecular formula is C11H22KN5S2. The maximum absolute atomic E-state index is 6.39. The third-order valence-corrected chi connectivity index (χ3v) is 2.06. The summed E-state index contributed by atoms with van der Waals surface area (Å²) in [5, 5.41) is 3.86. The second-order valence-corrected chi connectivity index (χ2v) is 4.14. The fourth-order valence-corrected chi connectivity index (χ4v) is 1.30. The third kappa shape index (κ3) is 27.6. The van der Waals surface area contributed by atoms with Crippen molar-refractivity contribution in [1.29, 1.82) is 0 Å². The maximum Gasteiger partial charge on any atom is 1.00 e. The summed E-state index contributed by atoms with van der Waals surface area (Å²) in [5.74, 6) is 1.01. The fraction of sp³-hybridized carbons (Fsp3) is 0.636. The Labute approximate surface area is 170 Å². The zero-order chi connectivity index (χ0) is 13.4. The molecule has 0 spiro atoms. The Balaban J connectivity index is -0.0000000571. The normalized spacial score (nSPS) is 10.9. The standard InChI is InChI=1S/C4H5N3S.C3H3N2S.C3H8.CH4.K.H2/c1-5-7-4-6-2-3-8-4;1-4-5-3-6-2;1-3-2;;;/h2-3H2,(H,6,7);2H3;3H2,1-2H3;1H4;;1H/q;-1;;;+1;. The summed E-state index contributed by atoms with van der Waals surface area (Å²) in [4.78, 5) is 9.61. The van der Waals surface area contributed by atoms with Gasteiger partial charge in [0.05, 0.1) is 6.54 Å². The fourth-order valence-electron chi connectivity index (χ4n) is 0.512. The molecule has 0 unspecified atom stereocenters. The number of rotatable bonds is 1. The van der Waals surface area contributed by atoms with Gasteiger partial charge >= 0.3 is 51.4 Å². The van der Waals surface area contributed by atoms with Crippen molar-refractivity contribution < 1.29 is 52.8 Å². The summed E-state index contributed by atoms with van der Waals surface area (Å²) in [6.07, 6.45) is 3.05. The van der Waals surface area contributed by atoms with Gasteiger partial charge in [-0.3, -0.25) is 4.99 Å². The molecule has 0 bridgehead atoms. The predicted molar refractivity (Wildman–Crippen MR) is 86.9 cm³/mol. The number of hydrogen-bond donors (Lipinski definition) is 1. The molecule has 1 rings (SSSR count). The largest absolute Gasteiger partial charge is 1.00 e. The molecule has 1 aliphatic heterocycles. The van der Waals surface area contributed by atoms with Gasteiger partial charge in [0.25, 0.3) is 0 Å². The van der Waals surface area contributed by atoms with Crippen LogP contribution in [0.25, 0.3) is 9.91 Å². The second kappa shape index (κ2) is 26.9. The summed E-state index contributed by atoms with van der Waals surface area (Å²) in [5.41, 5.74) is 4.83. The minimum absolute atomic E-state index is 0. The van der Waals surface area contributed by atoms with E-state index in [2.05, 4.69) is 44.8 Å². The van der Waals surface area contributed by atoms with E-state index in [1.54, 1.807) is 18.0 Å². The summed E-state index contributed by atoms with van der Waals surface area (Å²) >= 11 is 2.89. The molecule has 0 fully saturated rings. The van der Waals surface area contributed by atoms with Gasteiger partial charge in [-0.15, -0.1) is 5.10 Å². The summed E-state index contributed by atoms with van der Waals surface area (Å²) < 4.78 is 0. The van der Waals surface area contributed by atoms with E-state index in [0.29, 0.717) is 0 Å². The number of amidine groups is 1. The molecule has 1 aliphatic rings. The summed E-state index contributed by atoms with van der Waals surface area (Å²) in [7, 11) is 0. The molecule has 0 aromatic rings. The van der Waals surface area contributed by atoms with Gasteiger partial charge in [-0.2, -0.15) is 23.1 Å². The zero-order valence-corrected chi connectivity index (χ0v) is 16.0. The average molecular weight is 328 g/mol. The van der Waals surface area contributed by atoms with Crippen molar-refractivity contribution in [2.75, 3.05) is 18.6 Å². The van der Waals surface area contributed by atoms with Crippen molar-refractivity contribution in [2.24, 2.45) is 10.1 Å². The molecule has 19 heavy (non-hydrogen) atoms. The molecule has 0 aromatic carbocycles.